The van der Waals surface area contributed by atoms with Crippen molar-refractivity contribution in [3.05, 3.63) is 183 Å². The van der Waals surface area contributed by atoms with Gasteiger partial charge in [-0.2, -0.15) is 0 Å². The van der Waals surface area contributed by atoms with Crippen molar-refractivity contribution in [2.75, 3.05) is 0 Å². The molecule has 0 unspecified atom stereocenters. The first-order chi connectivity index (χ1) is 29.7. The van der Waals surface area contributed by atoms with Gasteiger partial charge in [-0.1, -0.05) is 72.8 Å². The average molecular weight is 775 g/mol. The molecule has 0 spiro atoms. The largest absolute Gasteiger partial charge is 0.445 e. The van der Waals surface area contributed by atoms with Gasteiger partial charge in [0.05, 0.1) is 24.8 Å². The van der Waals surface area contributed by atoms with E-state index in [9.17, 15) is 0 Å². The van der Waals surface area contributed by atoms with E-state index in [4.69, 9.17) is 17.7 Å². The molecule has 60 heavy (non-hydrogen) atoms. The van der Waals surface area contributed by atoms with Gasteiger partial charge in [-0.05, 0) is 137 Å². The second-order valence-electron chi connectivity index (χ2n) is 14.7. The third kappa shape index (κ3) is 5.54. The van der Waals surface area contributed by atoms with E-state index in [-0.39, 0.29) is 0 Å². The van der Waals surface area contributed by atoms with Gasteiger partial charge >= 0.3 is 0 Å². The highest BCUT2D eigenvalue weighted by atomic mass is 16.3. The first-order valence-electron chi connectivity index (χ1n) is 19.5. The summed E-state index contributed by atoms with van der Waals surface area (Å²) in [6.07, 6.45) is 13.1. The molecule has 0 aliphatic heterocycles. The maximum Gasteiger partial charge on any atom is 0.225 e. The molecule has 0 saturated heterocycles. The van der Waals surface area contributed by atoms with Gasteiger partial charge < -0.3 is 17.7 Å². The molecule has 0 aliphatic rings. The molecule has 0 N–H and O–H groups in total. The van der Waals surface area contributed by atoms with Crippen LogP contribution >= 0.6 is 0 Å². The summed E-state index contributed by atoms with van der Waals surface area (Å²) in [5, 5.41) is 7.04. The van der Waals surface area contributed by atoms with Crippen LogP contribution in [0.25, 0.3) is 123 Å². The number of aromatic nitrogens is 4. The highest BCUT2D eigenvalue weighted by Gasteiger charge is 2.22. The second kappa shape index (κ2) is 13.6. The molecule has 8 nitrogen and oxygen atoms in total. The van der Waals surface area contributed by atoms with E-state index in [2.05, 4.69) is 153 Å². The lowest BCUT2D eigenvalue weighted by Crippen LogP contribution is -1.94. The van der Waals surface area contributed by atoms with E-state index < -0.39 is 0 Å². The van der Waals surface area contributed by atoms with Crippen molar-refractivity contribution in [2.24, 2.45) is 0 Å². The Morgan fingerprint density at radius 2 is 0.467 bits per heavy atom. The molecule has 8 heteroatoms. The number of nitrogens with zero attached hydrogens (tertiary/aromatic N) is 4. The molecule has 0 radical (unpaired) electrons. The lowest BCUT2D eigenvalue weighted by atomic mass is 9.81. The monoisotopic (exact) mass is 774 g/mol. The number of benzene rings is 8. The molecule has 12 rings (SSSR count). The summed E-state index contributed by atoms with van der Waals surface area (Å²) in [5.41, 5.74) is 12.5. The smallest absolute Gasteiger partial charge is 0.225 e. The highest BCUT2D eigenvalue weighted by molar-refractivity contribution is 6.32. The van der Waals surface area contributed by atoms with Crippen LogP contribution in [0.1, 0.15) is 0 Å². The van der Waals surface area contributed by atoms with Crippen LogP contribution in [0.15, 0.2) is 201 Å². The molecule has 0 amide bonds. The summed E-state index contributed by atoms with van der Waals surface area (Å²) < 4.78 is 22.5. The van der Waals surface area contributed by atoms with Crippen molar-refractivity contribution < 1.29 is 17.7 Å². The Bertz CT molecular complexity index is 2950. The molecular formula is C52H30N4O4. The van der Waals surface area contributed by atoms with Crippen LogP contribution in [0.5, 0.6) is 0 Å². The molecule has 4 heterocycles. The Labute approximate surface area is 342 Å². The van der Waals surface area contributed by atoms with E-state index in [1.807, 2.05) is 0 Å². The topological polar surface area (TPSA) is 104 Å². The normalized spacial score (nSPS) is 11.7. The Morgan fingerprint density at radius 1 is 0.250 bits per heavy atom. The molecular weight excluding hydrogens is 745 g/mol. The number of hydrogen-bond donors (Lipinski definition) is 0. The van der Waals surface area contributed by atoms with Gasteiger partial charge in [-0.25, -0.2) is 19.9 Å². The molecule has 0 aliphatic carbocycles. The van der Waals surface area contributed by atoms with Gasteiger partial charge in [0.25, 0.3) is 0 Å². The SMILES string of the molecule is c1coc(-c2ccc(-c3cc(-c4ccc(-c5ncco5)cc4)c4ccc5c(-c6ccc(-c7ncco7)cc6)cc(-c6ccc(-c7ncco7)cc6)c6ccc3c4c65)cc2)n1. The minimum atomic E-state index is 0.589. The summed E-state index contributed by atoms with van der Waals surface area (Å²) in [6, 6.07) is 47.6. The quantitative estimate of drug-likeness (QED) is 0.141. The van der Waals surface area contributed by atoms with Crippen LogP contribution in [0.3, 0.4) is 0 Å². The van der Waals surface area contributed by atoms with E-state index in [1.54, 1.807) is 49.8 Å². The van der Waals surface area contributed by atoms with Gasteiger partial charge in [0.2, 0.25) is 23.6 Å². The Balaban J connectivity index is 1.13. The van der Waals surface area contributed by atoms with Crippen LogP contribution < -0.4 is 0 Å². The summed E-state index contributed by atoms with van der Waals surface area (Å²) in [7, 11) is 0. The van der Waals surface area contributed by atoms with Crippen molar-refractivity contribution in [3.63, 3.8) is 0 Å². The van der Waals surface area contributed by atoms with E-state index in [1.165, 1.54) is 10.8 Å². The van der Waals surface area contributed by atoms with Gasteiger partial charge in [-0.3, -0.25) is 0 Å². The lowest BCUT2D eigenvalue weighted by Gasteiger charge is -2.21. The first kappa shape index (κ1) is 33.7. The minimum absolute atomic E-state index is 0.589. The highest BCUT2D eigenvalue weighted by Crippen LogP contribution is 2.49. The van der Waals surface area contributed by atoms with Crippen molar-refractivity contribution in [2.45, 2.75) is 0 Å². The van der Waals surface area contributed by atoms with Crippen molar-refractivity contribution in [1.82, 2.24) is 19.9 Å². The minimum Gasteiger partial charge on any atom is -0.445 e. The zero-order valence-electron chi connectivity index (χ0n) is 31.7. The van der Waals surface area contributed by atoms with Crippen molar-refractivity contribution in [1.29, 1.82) is 0 Å². The zero-order valence-corrected chi connectivity index (χ0v) is 31.7. The average Bonchev–Trinajstić information content (AvgIpc) is 4.18. The molecule has 0 fully saturated rings. The molecule has 282 valence electrons. The first-order valence-corrected chi connectivity index (χ1v) is 19.5. The summed E-state index contributed by atoms with van der Waals surface area (Å²) in [5.74, 6) is 2.35. The Hall–Kier alpha value is -8.36. The summed E-state index contributed by atoms with van der Waals surface area (Å²) in [6.45, 7) is 0. The molecule has 0 bridgehead atoms. The fraction of sp³-hybridized carbons (Fsp3) is 0. The van der Waals surface area contributed by atoms with Gasteiger partial charge in [-0.15, -0.1) is 0 Å². The predicted octanol–water partition coefficient (Wildman–Crippen LogP) is 13.9. The second-order valence-corrected chi connectivity index (χ2v) is 14.7. The molecule has 0 saturated carbocycles. The molecule has 0 atom stereocenters. The summed E-state index contributed by atoms with van der Waals surface area (Å²) in [4.78, 5) is 17.5. The van der Waals surface area contributed by atoms with Gasteiger partial charge in [0.15, 0.2) is 0 Å². The molecule has 8 aromatic carbocycles. The number of hydrogen-bond acceptors (Lipinski definition) is 8. The summed E-state index contributed by atoms with van der Waals surface area (Å²) >= 11 is 0. The maximum absolute atomic E-state index is 5.63. The van der Waals surface area contributed by atoms with Crippen LogP contribution in [-0.2, 0) is 0 Å². The van der Waals surface area contributed by atoms with Crippen LogP contribution in [0.2, 0.25) is 0 Å². The standard InChI is InChI=1S/C52H30N4O4/c1-9-35(49-53-21-25-57-49)10-2-31(1)43-29-44(32-3-11-36(12-4-32)50-54-22-26-58-50)40-19-20-42-46(34-7-15-38(16-8-34)52-56-24-28-60-52)30-45(41-18-17-39(43)47(40)48(41)42)33-5-13-37(14-6-33)51-55-23-27-59-51/h1-30H. The molecule has 4 aromatic heterocycles. The molecule has 12 aromatic rings. The van der Waals surface area contributed by atoms with Crippen LogP contribution in [0.4, 0.5) is 0 Å². The maximum atomic E-state index is 5.63. The zero-order chi connectivity index (χ0) is 39.6. The Morgan fingerprint density at radius 3 is 0.667 bits per heavy atom. The fourth-order valence-corrected chi connectivity index (χ4v) is 8.58. The van der Waals surface area contributed by atoms with E-state index >= 15 is 0 Å². The predicted molar refractivity (Wildman–Crippen MR) is 234 cm³/mol. The number of oxazole rings is 4. The lowest BCUT2D eigenvalue weighted by molar-refractivity contribution is 0.574. The van der Waals surface area contributed by atoms with E-state index in [0.717, 1.165) is 88.3 Å². The van der Waals surface area contributed by atoms with E-state index in [0.29, 0.717) is 23.6 Å². The third-order valence-corrected chi connectivity index (χ3v) is 11.4. The van der Waals surface area contributed by atoms with Gasteiger partial charge in [0.1, 0.15) is 25.1 Å². The van der Waals surface area contributed by atoms with Crippen LogP contribution in [0, 0.1) is 0 Å². The van der Waals surface area contributed by atoms with Gasteiger partial charge in [0, 0.05) is 22.3 Å². The van der Waals surface area contributed by atoms with Crippen molar-refractivity contribution >= 4 is 32.3 Å². The third-order valence-electron chi connectivity index (χ3n) is 11.4. The number of rotatable bonds is 8. The van der Waals surface area contributed by atoms with Crippen molar-refractivity contribution in [3.8, 4) is 90.3 Å². The fourth-order valence-electron chi connectivity index (χ4n) is 8.58. The Kier molecular flexibility index (Phi) is 7.67. The van der Waals surface area contributed by atoms with Crippen LogP contribution in [-0.4, -0.2) is 19.9 Å².